The van der Waals surface area contributed by atoms with E-state index in [9.17, 15) is 15.2 Å². The molecule has 2 saturated heterocycles. The number of rotatable bonds is 3. The number of nitrogens with zero attached hydrogens (tertiary/aromatic N) is 2. The van der Waals surface area contributed by atoms with Crippen LogP contribution in [0.15, 0.2) is 24.3 Å². The standard InChI is InChI=1S/C12H14N2O5/c15-5-12-6-18-8-13(12)11(19-7-12)9-3-1-2-4-10(9)14(16)17/h1-4,11,15H,5-8H2/t11-,12+/m0/s1. The normalized spacial score (nSPS) is 30.5. The van der Waals surface area contributed by atoms with Crippen molar-refractivity contribution in [3.8, 4) is 0 Å². The molecule has 102 valence electrons. The van der Waals surface area contributed by atoms with E-state index in [-0.39, 0.29) is 12.3 Å². The molecule has 2 atom stereocenters. The lowest BCUT2D eigenvalue weighted by Gasteiger charge is -2.27. The van der Waals surface area contributed by atoms with Crippen molar-refractivity contribution in [2.45, 2.75) is 11.8 Å². The molecule has 19 heavy (non-hydrogen) atoms. The Bertz CT molecular complexity index is 509. The zero-order valence-electron chi connectivity index (χ0n) is 10.2. The molecular weight excluding hydrogens is 252 g/mol. The molecule has 1 aromatic carbocycles. The fraction of sp³-hybridized carbons (Fsp3) is 0.500. The predicted octanol–water partition coefficient (Wildman–Crippen LogP) is 0.644. The fourth-order valence-corrected chi connectivity index (χ4v) is 2.62. The van der Waals surface area contributed by atoms with Crippen LogP contribution < -0.4 is 0 Å². The molecule has 7 nitrogen and oxygen atoms in total. The van der Waals surface area contributed by atoms with Gasteiger partial charge in [0.15, 0.2) is 0 Å². The summed E-state index contributed by atoms with van der Waals surface area (Å²) in [4.78, 5) is 12.5. The summed E-state index contributed by atoms with van der Waals surface area (Å²) in [7, 11) is 0. The highest BCUT2D eigenvalue weighted by Crippen LogP contribution is 2.42. The molecule has 0 aromatic heterocycles. The number of para-hydroxylation sites is 1. The van der Waals surface area contributed by atoms with Gasteiger partial charge in [-0.05, 0) is 6.07 Å². The van der Waals surface area contributed by atoms with Crippen LogP contribution in [0, 0.1) is 10.1 Å². The third kappa shape index (κ3) is 1.82. The minimum atomic E-state index is -0.575. The number of fused-ring (bicyclic) bond motifs is 1. The molecular formula is C12H14N2O5. The van der Waals surface area contributed by atoms with Crippen molar-refractivity contribution >= 4 is 5.69 Å². The quantitative estimate of drug-likeness (QED) is 0.638. The van der Waals surface area contributed by atoms with Gasteiger partial charge in [-0.15, -0.1) is 0 Å². The van der Waals surface area contributed by atoms with E-state index in [2.05, 4.69) is 0 Å². The van der Waals surface area contributed by atoms with Crippen molar-refractivity contribution in [2.75, 3.05) is 26.6 Å². The summed E-state index contributed by atoms with van der Waals surface area (Å²) >= 11 is 0. The van der Waals surface area contributed by atoms with Crippen LogP contribution in [0.4, 0.5) is 5.69 Å². The minimum absolute atomic E-state index is 0.0214. The van der Waals surface area contributed by atoms with Gasteiger partial charge >= 0.3 is 0 Å². The average molecular weight is 266 g/mol. The first-order chi connectivity index (χ1) is 9.18. The van der Waals surface area contributed by atoms with Crippen LogP contribution in [0.1, 0.15) is 11.8 Å². The number of ether oxygens (including phenoxy) is 2. The average Bonchev–Trinajstić information content (AvgIpc) is 2.97. The Morgan fingerprint density at radius 2 is 2.26 bits per heavy atom. The number of nitro groups is 1. The van der Waals surface area contributed by atoms with Gasteiger partial charge in [-0.3, -0.25) is 10.1 Å². The molecule has 2 aliphatic rings. The van der Waals surface area contributed by atoms with Gasteiger partial charge in [-0.25, -0.2) is 4.90 Å². The summed E-state index contributed by atoms with van der Waals surface area (Å²) in [6.07, 6.45) is -0.545. The zero-order chi connectivity index (χ0) is 13.5. The first-order valence-electron chi connectivity index (χ1n) is 5.98. The van der Waals surface area contributed by atoms with Crippen molar-refractivity contribution in [1.29, 1.82) is 0 Å². The first kappa shape index (κ1) is 12.5. The minimum Gasteiger partial charge on any atom is -0.394 e. The van der Waals surface area contributed by atoms with Crippen molar-refractivity contribution < 1.29 is 19.5 Å². The molecule has 0 bridgehead atoms. The maximum atomic E-state index is 11.1. The van der Waals surface area contributed by atoms with Gasteiger partial charge in [0.1, 0.15) is 13.0 Å². The van der Waals surface area contributed by atoms with Crippen molar-refractivity contribution in [1.82, 2.24) is 4.90 Å². The molecule has 0 radical (unpaired) electrons. The van der Waals surface area contributed by atoms with Gasteiger partial charge in [0.05, 0.1) is 35.8 Å². The number of hydrogen-bond donors (Lipinski definition) is 1. The topological polar surface area (TPSA) is 85.1 Å². The molecule has 2 fully saturated rings. The molecule has 7 heteroatoms. The van der Waals surface area contributed by atoms with Crippen LogP contribution >= 0.6 is 0 Å². The van der Waals surface area contributed by atoms with E-state index in [4.69, 9.17) is 9.47 Å². The third-order valence-corrected chi connectivity index (χ3v) is 3.70. The number of hydrogen-bond acceptors (Lipinski definition) is 6. The molecule has 3 rings (SSSR count). The molecule has 2 heterocycles. The lowest BCUT2D eigenvalue weighted by Crippen LogP contribution is -2.47. The van der Waals surface area contributed by atoms with Gasteiger partial charge in [0.25, 0.3) is 5.69 Å². The highest BCUT2D eigenvalue weighted by atomic mass is 16.6. The van der Waals surface area contributed by atoms with Crippen LogP contribution in [0.5, 0.6) is 0 Å². The number of aliphatic hydroxyl groups is 1. The maximum Gasteiger partial charge on any atom is 0.276 e. The second-order valence-corrected chi connectivity index (χ2v) is 4.81. The first-order valence-corrected chi connectivity index (χ1v) is 5.98. The summed E-state index contributed by atoms with van der Waals surface area (Å²) in [5, 5.41) is 20.6. The van der Waals surface area contributed by atoms with Gasteiger partial charge in [-0.2, -0.15) is 0 Å². The Balaban J connectivity index is 1.98. The maximum absolute atomic E-state index is 11.1. The Morgan fingerprint density at radius 1 is 1.47 bits per heavy atom. The van der Waals surface area contributed by atoms with Crippen molar-refractivity contribution in [2.24, 2.45) is 0 Å². The summed E-state index contributed by atoms with van der Waals surface area (Å²) in [6.45, 7) is 0.891. The van der Waals surface area contributed by atoms with E-state index < -0.39 is 16.7 Å². The zero-order valence-corrected chi connectivity index (χ0v) is 10.2. The number of aliphatic hydroxyl groups excluding tert-OH is 1. The van der Waals surface area contributed by atoms with Crippen molar-refractivity contribution in [3.05, 3.63) is 39.9 Å². The van der Waals surface area contributed by atoms with Crippen LogP contribution in [0.25, 0.3) is 0 Å². The molecule has 1 aromatic rings. The summed E-state index contributed by atoms with van der Waals surface area (Å²) in [5.41, 5.74) is -0.0598. The van der Waals surface area contributed by atoms with E-state index in [1.165, 1.54) is 6.07 Å². The number of benzene rings is 1. The van der Waals surface area contributed by atoms with E-state index in [1.807, 2.05) is 4.90 Å². The smallest absolute Gasteiger partial charge is 0.276 e. The Hall–Kier alpha value is -1.54. The Kier molecular flexibility index (Phi) is 2.98. The molecule has 0 unspecified atom stereocenters. The van der Waals surface area contributed by atoms with Gasteiger partial charge in [-0.1, -0.05) is 12.1 Å². The highest BCUT2D eigenvalue weighted by Gasteiger charge is 2.52. The van der Waals surface area contributed by atoms with E-state index in [0.29, 0.717) is 25.5 Å². The Labute approximate surface area is 109 Å². The molecule has 1 N–H and O–H groups in total. The third-order valence-electron chi connectivity index (χ3n) is 3.70. The van der Waals surface area contributed by atoms with E-state index >= 15 is 0 Å². The van der Waals surface area contributed by atoms with Gasteiger partial charge in [0.2, 0.25) is 0 Å². The number of nitro benzene ring substituents is 1. The van der Waals surface area contributed by atoms with Crippen LogP contribution in [-0.4, -0.2) is 47.0 Å². The molecule has 0 spiro atoms. The second-order valence-electron chi connectivity index (χ2n) is 4.81. The lowest BCUT2D eigenvalue weighted by molar-refractivity contribution is -0.386. The predicted molar refractivity (Wildman–Crippen MR) is 64.3 cm³/mol. The molecule has 0 saturated carbocycles. The summed E-state index contributed by atoms with van der Waals surface area (Å²) < 4.78 is 11.0. The molecule has 2 aliphatic heterocycles. The summed E-state index contributed by atoms with van der Waals surface area (Å²) in [6, 6.07) is 6.49. The lowest BCUT2D eigenvalue weighted by atomic mass is 10.0. The van der Waals surface area contributed by atoms with Crippen molar-refractivity contribution in [3.63, 3.8) is 0 Å². The van der Waals surface area contributed by atoms with Crippen LogP contribution in [-0.2, 0) is 9.47 Å². The fourth-order valence-electron chi connectivity index (χ4n) is 2.62. The van der Waals surface area contributed by atoms with E-state index in [0.717, 1.165) is 0 Å². The SMILES string of the molecule is O=[N+]([O-])c1ccccc1[C@@H]1OC[C@@]2(CO)COCN12. The highest BCUT2D eigenvalue weighted by molar-refractivity contribution is 5.42. The Morgan fingerprint density at radius 3 is 3.00 bits per heavy atom. The summed E-state index contributed by atoms with van der Waals surface area (Å²) in [5.74, 6) is 0. The van der Waals surface area contributed by atoms with Gasteiger partial charge in [0, 0.05) is 6.07 Å². The molecule has 0 aliphatic carbocycles. The largest absolute Gasteiger partial charge is 0.394 e. The van der Waals surface area contributed by atoms with Crippen LogP contribution in [0.3, 0.4) is 0 Å². The van der Waals surface area contributed by atoms with Crippen LogP contribution in [0.2, 0.25) is 0 Å². The van der Waals surface area contributed by atoms with Gasteiger partial charge < -0.3 is 14.6 Å². The monoisotopic (exact) mass is 266 g/mol. The second kappa shape index (κ2) is 4.53. The molecule has 0 amide bonds. The van der Waals surface area contributed by atoms with E-state index in [1.54, 1.807) is 18.2 Å².